The van der Waals surface area contributed by atoms with Crippen molar-refractivity contribution in [2.24, 2.45) is 0 Å². The number of rotatable bonds is 7. The second-order valence-electron chi connectivity index (χ2n) is 5.67. The van der Waals surface area contributed by atoms with Gasteiger partial charge in [-0.3, -0.25) is 0 Å². The minimum Gasteiger partial charge on any atom is -0.339 e. The van der Waals surface area contributed by atoms with E-state index in [-0.39, 0.29) is 5.92 Å². The molecule has 0 radical (unpaired) electrons. The Labute approximate surface area is 130 Å². The molecule has 5 heteroatoms. The van der Waals surface area contributed by atoms with Gasteiger partial charge in [-0.2, -0.15) is 4.98 Å². The molecule has 0 aliphatic rings. The summed E-state index contributed by atoms with van der Waals surface area (Å²) in [5.74, 6) is 2.48. The van der Waals surface area contributed by atoms with Gasteiger partial charge in [-0.05, 0) is 17.7 Å². The number of benzene rings is 1. The van der Waals surface area contributed by atoms with Gasteiger partial charge in [-0.15, -0.1) is 11.8 Å². The second kappa shape index (κ2) is 7.61. The van der Waals surface area contributed by atoms with Crippen LogP contribution in [-0.2, 0) is 12.3 Å². The predicted molar refractivity (Wildman–Crippen MR) is 86.4 cm³/mol. The molecule has 0 saturated carbocycles. The summed E-state index contributed by atoms with van der Waals surface area (Å²) in [5.41, 5.74) is 1.30. The van der Waals surface area contributed by atoms with Crippen molar-refractivity contribution in [1.29, 1.82) is 0 Å². The van der Waals surface area contributed by atoms with Gasteiger partial charge in [0.05, 0.1) is 5.75 Å². The molecule has 1 N–H and O–H groups in total. The quantitative estimate of drug-likeness (QED) is 0.784. The number of aromatic nitrogens is 2. The van der Waals surface area contributed by atoms with Crippen LogP contribution in [0, 0.1) is 0 Å². The van der Waals surface area contributed by atoms with Gasteiger partial charge in [0.2, 0.25) is 5.89 Å². The van der Waals surface area contributed by atoms with Gasteiger partial charge < -0.3 is 9.84 Å². The van der Waals surface area contributed by atoms with Crippen molar-refractivity contribution in [3.63, 3.8) is 0 Å². The van der Waals surface area contributed by atoms with Crippen molar-refractivity contribution >= 4 is 11.8 Å². The van der Waals surface area contributed by atoms with Crippen LogP contribution < -0.4 is 5.32 Å². The summed E-state index contributed by atoms with van der Waals surface area (Å²) in [7, 11) is 0. The molecule has 114 valence electrons. The van der Waals surface area contributed by atoms with E-state index in [2.05, 4.69) is 53.6 Å². The number of hydrogen-bond acceptors (Lipinski definition) is 5. The summed E-state index contributed by atoms with van der Waals surface area (Å²) in [6, 6.07) is 9.12. The number of nitrogens with zero attached hydrogens (tertiary/aromatic N) is 2. The van der Waals surface area contributed by atoms with Crippen LogP contribution in [0.5, 0.6) is 0 Å². The van der Waals surface area contributed by atoms with Crippen LogP contribution in [-0.4, -0.2) is 16.2 Å². The molecule has 0 bridgehead atoms. The molecule has 0 atom stereocenters. The molecule has 1 aromatic carbocycles. The Bertz CT molecular complexity index is 549. The Kier molecular flexibility index (Phi) is 5.82. The van der Waals surface area contributed by atoms with Gasteiger partial charge in [0, 0.05) is 23.4 Å². The van der Waals surface area contributed by atoms with E-state index in [1.165, 1.54) is 10.5 Å². The van der Waals surface area contributed by atoms with Crippen molar-refractivity contribution in [3.8, 4) is 0 Å². The van der Waals surface area contributed by atoms with E-state index in [1.54, 1.807) is 11.8 Å². The summed E-state index contributed by atoms with van der Waals surface area (Å²) in [6.45, 7) is 9.31. The van der Waals surface area contributed by atoms with Gasteiger partial charge in [-0.1, -0.05) is 45.0 Å². The first-order valence-electron chi connectivity index (χ1n) is 7.32. The molecule has 2 rings (SSSR count). The summed E-state index contributed by atoms with van der Waals surface area (Å²) in [4.78, 5) is 5.60. The third kappa shape index (κ3) is 5.17. The SMILES string of the molecule is CC(C)NCc1ccc(SCc2noc(C(C)C)n2)cc1. The summed E-state index contributed by atoms with van der Waals surface area (Å²) < 4.78 is 5.21. The minimum atomic E-state index is 0.281. The molecule has 0 aliphatic heterocycles. The monoisotopic (exact) mass is 305 g/mol. The molecule has 0 aliphatic carbocycles. The predicted octanol–water partition coefficient (Wildman–Crippen LogP) is 3.98. The van der Waals surface area contributed by atoms with Crippen molar-refractivity contribution in [2.75, 3.05) is 0 Å². The lowest BCUT2D eigenvalue weighted by molar-refractivity contribution is 0.362. The number of hydrogen-bond donors (Lipinski definition) is 1. The summed E-state index contributed by atoms with van der Waals surface area (Å²) in [5, 5.41) is 7.42. The van der Waals surface area contributed by atoms with Crippen LogP contribution in [0.15, 0.2) is 33.7 Å². The molecule has 0 saturated heterocycles. The van der Waals surface area contributed by atoms with Crippen molar-refractivity contribution in [3.05, 3.63) is 41.5 Å². The van der Waals surface area contributed by atoms with Crippen LogP contribution in [0.4, 0.5) is 0 Å². The van der Waals surface area contributed by atoms with Gasteiger partial charge in [0.1, 0.15) is 0 Å². The van der Waals surface area contributed by atoms with Gasteiger partial charge in [-0.25, -0.2) is 0 Å². The van der Waals surface area contributed by atoms with Crippen LogP contribution >= 0.6 is 11.8 Å². The molecule has 1 heterocycles. The highest BCUT2D eigenvalue weighted by Gasteiger charge is 2.09. The summed E-state index contributed by atoms with van der Waals surface area (Å²) >= 11 is 1.73. The molecule has 1 aromatic heterocycles. The Morgan fingerprint density at radius 3 is 2.43 bits per heavy atom. The highest BCUT2D eigenvalue weighted by atomic mass is 32.2. The zero-order valence-corrected chi connectivity index (χ0v) is 13.9. The van der Waals surface area contributed by atoms with Gasteiger partial charge in [0.15, 0.2) is 5.82 Å². The molecule has 2 aromatic rings. The van der Waals surface area contributed by atoms with Crippen molar-refractivity contribution in [1.82, 2.24) is 15.5 Å². The van der Waals surface area contributed by atoms with Gasteiger partial charge >= 0.3 is 0 Å². The van der Waals surface area contributed by atoms with Crippen LogP contribution in [0.1, 0.15) is 50.9 Å². The smallest absolute Gasteiger partial charge is 0.229 e. The topological polar surface area (TPSA) is 51.0 Å². The Morgan fingerprint density at radius 1 is 1.14 bits per heavy atom. The molecular weight excluding hydrogens is 282 g/mol. The van der Waals surface area contributed by atoms with Crippen LogP contribution in [0.3, 0.4) is 0 Å². The largest absolute Gasteiger partial charge is 0.339 e. The first kappa shape index (κ1) is 16.0. The third-order valence-corrected chi connectivity index (χ3v) is 3.99. The fourth-order valence-corrected chi connectivity index (χ4v) is 2.48. The lowest BCUT2D eigenvalue weighted by Gasteiger charge is -2.08. The maximum atomic E-state index is 5.21. The standard InChI is InChI=1S/C16H23N3OS/c1-11(2)16-18-15(19-20-16)10-21-14-7-5-13(6-8-14)9-17-12(3)4/h5-8,11-12,17H,9-10H2,1-4H3. The Morgan fingerprint density at radius 2 is 1.86 bits per heavy atom. The first-order chi connectivity index (χ1) is 10.0. The summed E-state index contributed by atoms with van der Waals surface area (Å²) in [6.07, 6.45) is 0. The maximum Gasteiger partial charge on any atom is 0.229 e. The molecule has 0 fully saturated rings. The van der Waals surface area contributed by atoms with E-state index < -0.39 is 0 Å². The highest BCUT2D eigenvalue weighted by Crippen LogP contribution is 2.22. The molecule has 0 unspecified atom stereocenters. The molecular formula is C16H23N3OS. The molecule has 4 nitrogen and oxygen atoms in total. The maximum absolute atomic E-state index is 5.21. The lowest BCUT2D eigenvalue weighted by Crippen LogP contribution is -2.21. The highest BCUT2D eigenvalue weighted by molar-refractivity contribution is 7.98. The minimum absolute atomic E-state index is 0.281. The fourth-order valence-electron chi connectivity index (χ4n) is 1.73. The van der Waals surface area contributed by atoms with Crippen molar-refractivity contribution in [2.45, 2.75) is 56.8 Å². The van der Waals surface area contributed by atoms with Crippen LogP contribution in [0.25, 0.3) is 0 Å². The average molecular weight is 305 g/mol. The van der Waals surface area contributed by atoms with E-state index in [0.717, 1.165) is 18.1 Å². The third-order valence-electron chi connectivity index (χ3n) is 2.98. The molecule has 21 heavy (non-hydrogen) atoms. The fraction of sp³-hybridized carbons (Fsp3) is 0.500. The number of nitrogens with one attached hydrogen (secondary N) is 1. The Hall–Kier alpha value is -1.33. The molecule has 0 amide bonds. The lowest BCUT2D eigenvalue weighted by atomic mass is 10.2. The zero-order chi connectivity index (χ0) is 15.2. The first-order valence-corrected chi connectivity index (χ1v) is 8.30. The number of thioether (sulfide) groups is 1. The van der Waals surface area contributed by atoms with E-state index in [1.807, 2.05) is 13.8 Å². The second-order valence-corrected chi connectivity index (χ2v) is 6.72. The van der Waals surface area contributed by atoms with E-state index in [0.29, 0.717) is 11.9 Å². The van der Waals surface area contributed by atoms with E-state index >= 15 is 0 Å². The average Bonchev–Trinajstić information content (AvgIpc) is 2.93. The molecule has 0 spiro atoms. The normalized spacial score (nSPS) is 11.5. The van der Waals surface area contributed by atoms with Crippen LogP contribution in [0.2, 0.25) is 0 Å². The van der Waals surface area contributed by atoms with E-state index in [9.17, 15) is 0 Å². The Balaban J connectivity index is 1.85. The van der Waals surface area contributed by atoms with Gasteiger partial charge in [0.25, 0.3) is 0 Å². The zero-order valence-electron chi connectivity index (χ0n) is 13.1. The van der Waals surface area contributed by atoms with Crippen molar-refractivity contribution < 1.29 is 4.52 Å². The van der Waals surface area contributed by atoms with E-state index in [4.69, 9.17) is 4.52 Å².